The van der Waals surface area contributed by atoms with E-state index in [0.29, 0.717) is 16.8 Å². The van der Waals surface area contributed by atoms with Crippen LogP contribution in [0.1, 0.15) is 10.5 Å². The fourth-order valence-electron chi connectivity index (χ4n) is 3.91. The number of carbonyl (C=O) groups is 1. The molecule has 0 spiro atoms. The molecule has 1 aromatic carbocycles. The SMILES string of the molecule is CS(=O)(=O)c1ccc(-c2cnn3ccc(C(=O)Nc4ccccc4N4CCNCC4)nc23)cn1. The zero-order valence-electron chi connectivity index (χ0n) is 18.5. The van der Waals surface area contributed by atoms with E-state index in [4.69, 9.17) is 0 Å². The molecule has 1 amide bonds. The van der Waals surface area contributed by atoms with Crippen molar-refractivity contribution in [3.8, 4) is 11.1 Å². The largest absolute Gasteiger partial charge is 0.367 e. The van der Waals surface area contributed by atoms with Gasteiger partial charge in [0, 0.05) is 56.0 Å². The van der Waals surface area contributed by atoms with Gasteiger partial charge in [0.15, 0.2) is 20.5 Å². The fourth-order valence-corrected chi connectivity index (χ4v) is 4.46. The van der Waals surface area contributed by atoms with Crippen LogP contribution in [-0.4, -0.2) is 66.3 Å². The summed E-state index contributed by atoms with van der Waals surface area (Å²) in [7, 11) is -3.40. The molecule has 0 aliphatic carbocycles. The summed E-state index contributed by atoms with van der Waals surface area (Å²) in [6.07, 6.45) is 5.85. The Hall–Kier alpha value is -3.83. The van der Waals surface area contributed by atoms with Crippen LogP contribution in [0.5, 0.6) is 0 Å². The minimum Gasteiger partial charge on any atom is -0.367 e. The van der Waals surface area contributed by atoms with E-state index in [1.54, 1.807) is 29.0 Å². The van der Waals surface area contributed by atoms with Crippen LogP contribution in [0.15, 0.2) is 66.1 Å². The molecular weight excluding hydrogens is 454 g/mol. The van der Waals surface area contributed by atoms with E-state index < -0.39 is 9.84 Å². The Kier molecular flexibility index (Phi) is 5.72. The standard InChI is InChI=1S/C23H23N7O3S/c1-34(32,33)21-7-6-16(14-25-21)17-15-26-30-11-8-19(27-22(17)30)23(31)28-18-4-2-3-5-20(18)29-12-9-24-10-13-29/h2-8,11,14-15,24H,9-10,12-13H2,1H3,(H,28,31). The van der Waals surface area contributed by atoms with Crippen LogP contribution >= 0.6 is 0 Å². The molecule has 5 rings (SSSR count). The molecule has 0 radical (unpaired) electrons. The van der Waals surface area contributed by atoms with E-state index >= 15 is 0 Å². The Morgan fingerprint density at radius 2 is 1.85 bits per heavy atom. The van der Waals surface area contributed by atoms with Crippen molar-refractivity contribution in [2.75, 3.05) is 42.7 Å². The molecule has 2 N–H and O–H groups in total. The first kappa shape index (κ1) is 22.0. The first-order valence-electron chi connectivity index (χ1n) is 10.8. The van der Waals surface area contributed by atoms with Gasteiger partial charge < -0.3 is 15.5 Å². The van der Waals surface area contributed by atoms with E-state index in [0.717, 1.165) is 43.8 Å². The summed E-state index contributed by atoms with van der Waals surface area (Å²) in [5.74, 6) is -0.331. The number of benzene rings is 1. The van der Waals surface area contributed by atoms with Gasteiger partial charge in [-0.3, -0.25) is 4.79 Å². The van der Waals surface area contributed by atoms with E-state index in [2.05, 4.69) is 30.6 Å². The third-order valence-electron chi connectivity index (χ3n) is 5.64. The van der Waals surface area contributed by atoms with Gasteiger partial charge in [-0.15, -0.1) is 0 Å². The van der Waals surface area contributed by atoms with Gasteiger partial charge >= 0.3 is 0 Å². The Bertz CT molecular complexity index is 1460. The quantitative estimate of drug-likeness (QED) is 0.447. The van der Waals surface area contributed by atoms with Crippen molar-refractivity contribution >= 4 is 32.8 Å². The Balaban J connectivity index is 1.44. The lowest BCUT2D eigenvalue weighted by Gasteiger charge is -2.31. The molecule has 4 heterocycles. The number of nitrogens with one attached hydrogen (secondary N) is 2. The molecule has 0 unspecified atom stereocenters. The predicted molar refractivity (Wildman–Crippen MR) is 129 cm³/mol. The van der Waals surface area contributed by atoms with E-state index in [1.165, 1.54) is 12.3 Å². The Labute approximate surface area is 196 Å². The fraction of sp³-hybridized carbons (Fsp3) is 0.217. The highest BCUT2D eigenvalue weighted by Gasteiger charge is 2.18. The summed E-state index contributed by atoms with van der Waals surface area (Å²) in [4.78, 5) is 23.9. The summed E-state index contributed by atoms with van der Waals surface area (Å²) in [5.41, 5.74) is 3.70. The number of para-hydroxylation sites is 2. The molecule has 0 atom stereocenters. The summed E-state index contributed by atoms with van der Waals surface area (Å²) >= 11 is 0. The van der Waals surface area contributed by atoms with E-state index in [-0.39, 0.29) is 16.6 Å². The average molecular weight is 478 g/mol. The van der Waals surface area contributed by atoms with Gasteiger partial charge in [-0.1, -0.05) is 12.1 Å². The van der Waals surface area contributed by atoms with E-state index in [9.17, 15) is 13.2 Å². The molecule has 0 saturated carbocycles. The number of aromatic nitrogens is 4. The number of pyridine rings is 1. The molecule has 10 nitrogen and oxygen atoms in total. The van der Waals surface area contributed by atoms with Gasteiger partial charge in [0.2, 0.25) is 0 Å². The molecule has 11 heteroatoms. The lowest BCUT2D eigenvalue weighted by molar-refractivity contribution is 0.102. The normalized spacial score (nSPS) is 14.3. The van der Waals surface area contributed by atoms with Gasteiger partial charge in [-0.05, 0) is 30.3 Å². The lowest BCUT2D eigenvalue weighted by atomic mass is 10.1. The number of nitrogens with zero attached hydrogens (tertiary/aromatic N) is 5. The van der Waals surface area contributed by atoms with Gasteiger partial charge in [0.25, 0.3) is 5.91 Å². The van der Waals surface area contributed by atoms with Crippen LogP contribution in [0.2, 0.25) is 0 Å². The van der Waals surface area contributed by atoms with Crippen LogP contribution in [0.3, 0.4) is 0 Å². The van der Waals surface area contributed by atoms with Crippen LogP contribution < -0.4 is 15.5 Å². The second-order valence-electron chi connectivity index (χ2n) is 8.00. The van der Waals surface area contributed by atoms with Crippen LogP contribution in [0.25, 0.3) is 16.8 Å². The second kappa shape index (κ2) is 8.84. The number of carbonyl (C=O) groups excluding carboxylic acids is 1. The third kappa shape index (κ3) is 4.35. The first-order valence-corrected chi connectivity index (χ1v) is 12.7. The molecule has 1 aliphatic heterocycles. The zero-order chi connectivity index (χ0) is 23.7. The molecule has 1 fully saturated rings. The number of rotatable bonds is 5. The summed E-state index contributed by atoms with van der Waals surface area (Å²) in [6, 6.07) is 12.4. The van der Waals surface area contributed by atoms with Crippen molar-refractivity contribution in [1.82, 2.24) is 24.9 Å². The maximum atomic E-state index is 13.1. The van der Waals surface area contributed by atoms with Gasteiger partial charge in [-0.2, -0.15) is 5.10 Å². The second-order valence-corrected chi connectivity index (χ2v) is 9.97. The number of hydrogen-bond donors (Lipinski definition) is 2. The van der Waals surface area contributed by atoms with Crippen LogP contribution in [0.4, 0.5) is 11.4 Å². The summed E-state index contributed by atoms with van der Waals surface area (Å²) in [5, 5.41) is 10.6. The molecule has 34 heavy (non-hydrogen) atoms. The number of fused-ring (bicyclic) bond motifs is 1. The highest BCUT2D eigenvalue weighted by molar-refractivity contribution is 7.90. The minimum absolute atomic E-state index is 0.0103. The molecule has 3 aromatic heterocycles. The average Bonchev–Trinajstić information content (AvgIpc) is 3.28. The number of piperazine rings is 1. The summed E-state index contributed by atoms with van der Waals surface area (Å²) < 4.78 is 25.0. The van der Waals surface area contributed by atoms with Crippen molar-refractivity contribution in [3.05, 3.63) is 66.7 Å². The number of hydrogen-bond acceptors (Lipinski definition) is 8. The molecule has 1 saturated heterocycles. The molecule has 1 aliphatic rings. The maximum Gasteiger partial charge on any atom is 0.274 e. The minimum atomic E-state index is -3.40. The topological polar surface area (TPSA) is 122 Å². The van der Waals surface area contributed by atoms with Crippen molar-refractivity contribution in [1.29, 1.82) is 0 Å². The third-order valence-corrected chi connectivity index (χ3v) is 6.64. The lowest BCUT2D eigenvalue weighted by Crippen LogP contribution is -2.43. The predicted octanol–water partition coefficient (Wildman–Crippen LogP) is 1.86. The van der Waals surface area contributed by atoms with E-state index in [1.807, 2.05) is 24.3 Å². The van der Waals surface area contributed by atoms with Gasteiger partial charge in [0.1, 0.15) is 5.69 Å². The highest BCUT2D eigenvalue weighted by Crippen LogP contribution is 2.27. The molecule has 0 bridgehead atoms. The smallest absolute Gasteiger partial charge is 0.274 e. The Morgan fingerprint density at radius 3 is 2.59 bits per heavy atom. The zero-order valence-corrected chi connectivity index (χ0v) is 19.3. The molecular formula is C23H23N7O3S. The molecule has 174 valence electrons. The van der Waals surface area contributed by atoms with Crippen molar-refractivity contribution < 1.29 is 13.2 Å². The number of amides is 1. The number of sulfone groups is 1. The maximum absolute atomic E-state index is 13.1. The molecule has 4 aromatic rings. The van der Waals surface area contributed by atoms with Gasteiger partial charge in [0.05, 0.1) is 17.6 Å². The Morgan fingerprint density at radius 1 is 1.06 bits per heavy atom. The van der Waals surface area contributed by atoms with Crippen LogP contribution in [-0.2, 0) is 9.84 Å². The number of anilines is 2. The van der Waals surface area contributed by atoms with Crippen molar-refractivity contribution in [2.45, 2.75) is 5.03 Å². The highest BCUT2D eigenvalue weighted by atomic mass is 32.2. The monoisotopic (exact) mass is 477 g/mol. The van der Waals surface area contributed by atoms with Crippen molar-refractivity contribution in [2.24, 2.45) is 0 Å². The first-order chi connectivity index (χ1) is 16.4. The summed E-state index contributed by atoms with van der Waals surface area (Å²) in [6.45, 7) is 3.51. The van der Waals surface area contributed by atoms with Crippen molar-refractivity contribution in [3.63, 3.8) is 0 Å². The van der Waals surface area contributed by atoms with Crippen LogP contribution in [0, 0.1) is 0 Å². The van der Waals surface area contributed by atoms with Gasteiger partial charge in [-0.25, -0.2) is 22.9 Å².